The second kappa shape index (κ2) is 7.17. The molecule has 0 unspecified atom stereocenters. The second-order valence-corrected chi connectivity index (χ2v) is 10.9. The van der Waals surface area contributed by atoms with Crippen LogP contribution in [0, 0.1) is 0 Å². The van der Waals surface area contributed by atoms with E-state index in [1.165, 1.54) is 0 Å². The maximum atomic E-state index is 13.1. The van der Waals surface area contributed by atoms with Gasteiger partial charge in [0, 0.05) is 0 Å². The van der Waals surface area contributed by atoms with Crippen LogP contribution in [0.25, 0.3) is 0 Å². The molecule has 1 aliphatic rings. The molecule has 24 heavy (non-hydrogen) atoms. The molecule has 0 amide bonds. The topological polar surface area (TPSA) is 44.8 Å². The molecule has 0 aromatic heterocycles. The van der Waals surface area contributed by atoms with Crippen LogP contribution in [-0.2, 0) is 19.0 Å². The van der Waals surface area contributed by atoms with Crippen molar-refractivity contribution in [3.8, 4) is 0 Å². The van der Waals surface area contributed by atoms with Crippen LogP contribution < -0.4 is 4.46 Å². The molecule has 1 aromatic rings. The summed E-state index contributed by atoms with van der Waals surface area (Å²) >= 11 is -0.116. The fraction of sp³-hybridized carbons (Fsp3) is 0.632. The zero-order chi connectivity index (χ0) is 18.0. The summed E-state index contributed by atoms with van der Waals surface area (Å²) in [5.74, 6) is -0.875. The van der Waals surface area contributed by atoms with Gasteiger partial charge in [-0.05, 0) is 0 Å². The molecule has 2 rings (SSSR count). The zero-order valence-corrected chi connectivity index (χ0v) is 17.1. The van der Waals surface area contributed by atoms with Gasteiger partial charge in [0.2, 0.25) is 0 Å². The fourth-order valence-corrected chi connectivity index (χ4v) is 5.12. The molecule has 0 bridgehead atoms. The molecule has 4 nitrogen and oxygen atoms in total. The van der Waals surface area contributed by atoms with Crippen molar-refractivity contribution in [2.24, 2.45) is 0 Å². The third-order valence-corrected chi connectivity index (χ3v) is 6.60. The first kappa shape index (κ1) is 19.5. The van der Waals surface area contributed by atoms with E-state index in [-0.39, 0.29) is 27.0 Å². The van der Waals surface area contributed by atoms with Crippen LogP contribution in [0.2, 0.25) is 4.31 Å². The Labute approximate surface area is 151 Å². The molecule has 0 saturated carbocycles. The first-order valence-corrected chi connectivity index (χ1v) is 10.0. The predicted octanol–water partition coefficient (Wildman–Crippen LogP) is 3.08. The second-order valence-electron chi connectivity index (χ2n) is 7.67. The Kier molecular flexibility index (Phi) is 5.81. The van der Waals surface area contributed by atoms with E-state index in [4.69, 9.17) is 14.2 Å². The molecule has 0 radical (unpaired) electrons. The van der Waals surface area contributed by atoms with E-state index in [0.717, 1.165) is 4.46 Å². The minimum atomic E-state index is -0.706. The molecule has 1 fully saturated rings. The van der Waals surface area contributed by atoms with Crippen LogP contribution in [0.1, 0.15) is 48.0 Å². The van der Waals surface area contributed by atoms with Crippen LogP contribution in [0.3, 0.4) is 0 Å². The first-order chi connectivity index (χ1) is 11.0. The molecule has 2 atom stereocenters. The molecule has 0 spiro atoms. The van der Waals surface area contributed by atoms with Gasteiger partial charge in [0.25, 0.3) is 0 Å². The molecule has 1 aromatic carbocycles. The summed E-state index contributed by atoms with van der Waals surface area (Å²) in [5, 5.41) is 0. The molecule has 1 aliphatic heterocycles. The van der Waals surface area contributed by atoms with E-state index in [2.05, 4.69) is 12.1 Å². The van der Waals surface area contributed by atoms with E-state index < -0.39 is 15.7 Å². The number of esters is 1. The number of benzene rings is 1. The van der Waals surface area contributed by atoms with Crippen molar-refractivity contribution >= 4 is 25.4 Å². The Balaban J connectivity index is 2.31. The average molecular weight is 399 g/mol. The monoisotopic (exact) mass is 400 g/mol. The van der Waals surface area contributed by atoms with Crippen LogP contribution in [0.5, 0.6) is 0 Å². The van der Waals surface area contributed by atoms with Gasteiger partial charge in [-0.3, -0.25) is 0 Å². The number of carbonyl (C=O) groups excluding carboxylic acids is 1. The van der Waals surface area contributed by atoms with E-state index in [1.807, 2.05) is 59.7 Å². The molecule has 1 heterocycles. The first-order valence-electron chi connectivity index (χ1n) is 8.31. The van der Waals surface area contributed by atoms with Gasteiger partial charge in [0.15, 0.2) is 0 Å². The Morgan fingerprint density at radius 3 is 2.38 bits per heavy atom. The Bertz CT molecular complexity index is 564. The average Bonchev–Trinajstić information content (AvgIpc) is 2.45. The Morgan fingerprint density at radius 2 is 1.83 bits per heavy atom. The number of hydrogen-bond donors (Lipinski definition) is 0. The number of ether oxygens (including phenoxy) is 3. The van der Waals surface area contributed by atoms with Crippen LogP contribution in [0.15, 0.2) is 30.3 Å². The Hall–Kier alpha value is -0.871. The van der Waals surface area contributed by atoms with Crippen molar-refractivity contribution in [3.05, 3.63) is 30.3 Å². The minimum absolute atomic E-state index is 0.116. The normalized spacial score (nSPS) is 23.3. The predicted molar refractivity (Wildman–Crippen MR) is 95.6 cm³/mol. The van der Waals surface area contributed by atoms with Gasteiger partial charge in [-0.25, -0.2) is 0 Å². The van der Waals surface area contributed by atoms with Gasteiger partial charge in [0.05, 0.1) is 0 Å². The van der Waals surface area contributed by atoms with E-state index in [9.17, 15) is 4.79 Å². The quantitative estimate of drug-likeness (QED) is 0.577. The Morgan fingerprint density at radius 1 is 1.21 bits per heavy atom. The van der Waals surface area contributed by atoms with Crippen molar-refractivity contribution in [2.45, 2.75) is 69.8 Å². The van der Waals surface area contributed by atoms with Gasteiger partial charge in [-0.15, -0.1) is 0 Å². The van der Waals surface area contributed by atoms with E-state index in [1.54, 1.807) is 0 Å². The summed E-state index contributed by atoms with van der Waals surface area (Å²) < 4.78 is 18.0. The standard InChI is InChI=1S/C19H28O4Se/c1-17(2,3)23-16(20)19(6,24-14-10-8-7-9-11-14)15-12-13-21-18(4,5)22-15/h7-11,15H,12-13H2,1-6H3/t15-,19-/m0/s1. The molecule has 134 valence electrons. The third kappa shape index (κ3) is 5.06. The van der Waals surface area contributed by atoms with Gasteiger partial charge in [-0.2, -0.15) is 0 Å². The van der Waals surface area contributed by atoms with Crippen molar-refractivity contribution in [2.75, 3.05) is 6.61 Å². The van der Waals surface area contributed by atoms with Gasteiger partial charge >= 0.3 is 151 Å². The van der Waals surface area contributed by atoms with Crippen molar-refractivity contribution in [1.29, 1.82) is 0 Å². The van der Waals surface area contributed by atoms with Gasteiger partial charge < -0.3 is 0 Å². The van der Waals surface area contributed by atoms with Crippen LogP contribution in [0.4, 0.5) is 0 Å². The molecule has 0 aliphatic carbocycles. The molecule has 0 N–H and O–H groups in total. The van der Waals surface area contributed by atoms with Gasteiger partial charge in [0.1, 0.15) is 0 Å². The summed E-state index contributed by atoms with van der Waals surface area (Å²) in [6.45, 7) is 12.0. The van der Waals surface area contributed by atoms with Crippen molar-refractivity contribution in [1.82, 2.24) is 0 Å². The third-order valence-electron chi connectivity index (χ3n) is 3.75. The zero-order valence-electron chi connectivity index (χ0n) is 15.4. The summed E-state index contributed by atoms with van der Waals surface area (Å²) in [6, 6.07) is 10.1. The number of hydrogen-bond acceptors (Lipinski definition) is 4. The van der Waals surface area contributed by atoms with Crippen molar-refractivity contribution < 1.29 is 19.0 Å². The van der Waals surface area contributed by atoms with Crippen LogP contribution >= 0.6 is 0 Å². The fourth-order valence-electron chi connectivity index (χ4n) is 2.59. The summed E-state index contributed by atoms with van der Waals surface area (Å²) in [7, 11) is 0. The molecular formula is C19H28O4Se. The summed E-state index contributed by atoms with van der Waals surface area (Å²) in [5.41, 5.74) is -0.522. The van der Waals surface area contributed by atoms with Gasteiger partial charge in [-0.1, -0.05) is 0 Å². The van der Waals surface area contributed by atoms with Crippen LogP contribution in [-0.4, -0.2) is 45.0 Å². The molecular weight excluding hydrogens is 371 g/mol. The molecule has 5 heteroatoms. The van der Waals surface area contributed by atoms with E-state index >= 15 is 0 Å². The van der Waals surface area contributed by atoms with E-state index in [0.29, 0.717) is 13.0 Å². The molecule has 1 saturated heterocycles. The number of carbonyl (C=O) groups is 1. The SMILES string of the molecule is CC(C)(C)OC(=O)[C@@](C)([Se]c1ccccc1)[C@@H]1CCOC(C)(C)O1. The summed E-state index contributed by atoms with van der Waals surface area (Å²) in [4.78, 5) is 13.1. The number of rotatable bonds is 4. The summed E-state index contributed by atoms with van der Waals surface area (Å²) in [6.07, 6.45) is 0.463. The van der Waals surface area contributed by atoms with Crippen molar-refractivity contribution in [3.63, 3.8) is 0 Å². The maximum absolute atomic E-state index is 13.1.